The molecule has 6 heteroatoms. The Kier molecular flexibility index (Phi) is 4.06. The zero-order valence-electron chi connectivity index (χ0n) is 13.6. The Labute approximate surface area is 146 Å². The van der Waals surface area contributed by atoms with Gasteiger partial charge in [0.25, 0.3) is 0 Å². The minimum absolute atomic E-state index is 0.125. The summed E-state index contributed by atoms with van der Waals surface area (Å²) in [6.45, 7) is 5.83. The van der Waals surface area contributed by atoms with Gasteiger partial charge in [0.1, 0.15) is 5.82 Å². The van der Waals surface area contributed by atoms with E-state index in [0.717, 1.165) is 49.8 Å². The highest BCUT2D eigenvalue weighted by atomic mass is 35.5. The van der Waals surface area contributed by atoms with Crippen molar-refractivity contribution in [2.24, 2.45) is 10.9 Å². The SMILES string of the molecule is CCC1C=CN2C(=C1)C(N1CCNCC1)=Nc1cc(F)c(Cl)cc12. The van der Waals surface area contributed by atoms with Gasteiger partial charge in [0.15, 0.2) is 5.84 Å². The van der Waals surface area contributed by atoms with Gasteiger partial charge in [-0.1, -0.05) is 24.6 Å². The second kappa shape index (κ2) is 6.22. The largest absolute Gasteiger partial charge is 0.352 e. The van der Waals surface area contributed by atoms with Gasteiger partial charge >= 0.3 is 0 Å². The molecule has 0 aliphatic carbocycles. The van der Waals surface area contributed by atoms with Crippen LogP contribution in [0.25, 0.3) is 0 Å². The topological polar surface area (TPSA) is 30.9 Å². The van der Waals surface area contributed by atoms with Crippen LogP contribution in [0.1, 0.15) is 13.3 Å². The Balaban J connectivity index is 1.84. The van der Waals surface area contributed by atoms with Gasteiger partial charge in [-0.25, -0.2) is 9.38 Å². The molecule has 1 aromatic rings. The lowest BCUT2D eigenvalue weighted by atomic mass is 9.99. The maximum Gasteiger partial charge on any atom is 0.153 e. The third-order valence-electron chi connectivity index (χ3n) is 4.73. The third kappa shape index (κ3) is 2.62. The molecule has 1 unspecified atom stereocenters. The van der Waals surface area contributed by atoms with E-state index >= 15 is 0 Å². The molecule has 1 saturated heterocycles. The Morgan fingerprint density at radius 3 is 2.88 bits per heavy atom. The predicted molar refractivity (Wildman–Crippen MR) is 96.4 cm³/mol. The molecule has 1 aromatic carbocycles. The van der Waals surface area contributed by atoms with Crippen LogP contribution in [0.15, 0.2) is 41.2 Å². The average Bonchev–Trinajstić information content (AvgIpc) is 2.62. The molecule has 1 N–H and O–H groups in total. The van der Waals surface area contributed by atoms with Crippen molar-refractivity contribution in [1.29, 1.82) is 0 Å². The van der Waals surface area contributed by atoms with Crippen molar-refractivity contribution in [1.82, 2.24) is 10.2 Å². The molecule has 0 saturated carbocycles. The first-order valence-electron chi connectivity index (χ1n) is 8.40. The average molecular weight is 347 g/mol. The van der Waals surface area contributed by atoms with Gasteiger partial charge in [-0.2, -0.15) is 0 Å². The number of piperazine rings is 1. The number of nitrogens with one attached hydrogen (secondary N) is 1. The van der Waals surface area contributed by atoms with E-state index in [0.29, 0.717) is 11.6 Å². The summed E-state index contributed by atoms with van der Waals surface area (Å²) >= 11 is 6.01. The van der Waals surface area contributed by atoms with Crippen molar-refractivity contribution >= 4 is 28.8 Å². The lowest BCUT2D eigenvalue weighted by Gasteiger charge is -2.39. The molecule has 3 aliphatic heterocycles. The number of fused-ring (bicyclic) bond motifs is 3. The van der Waals surface area contributed by atoms with Gasteiger partial charge in [-0.15, -0.1) is 0 Å². The molecule has 4 rings (SSSR count). The van der Waals surface area contributed by atoms with Crippen LogP contribution in [-0.2, 0) is 0 Å². The number of nitrogens with zero attached hydrogens (tertiary/aromatic N) is 3. The van der Waals surface area contributed by atoms with Gasteiger partial charge < -0.3 is 15.1 Å². The smallest absolute Gasteiger partial charge is 0.153 e. The second-order valence-electron chi connectivity index (χ2n) is 6.26. The van der Waals surface area contributed by atoms with E-state index in [2.05, 4.69) is 40.4 Å². The summed E-state index contributed by atoms with van der Waals surface area (Å²) in [4.78, 5) is 9.15. The van der Waals surface area contributed by atoms with E-state index in [1.165, 1.54) is 6.07 Å². The van der Waals surface area contributed by atoms with Crippen molar-refractivity contribution in [2.45, 2.75) is 13.3 Å². The monoisotopic (exact) mass is 346 g/mol. The van der Waals surface area contributed by atoms with Crippen LogP contribution >= 0.6 is 11.6 Å². The second-order valence-corrected chi connectivity index (χ2v) is 6.67. The summed E-state index contributed by atoms with van der Waals surface area (Å²) in [7, 11) is 0. The molecule has 4 nitrogen and oxygen atoms in total. The zero-order chi connectivity index (χ0) is 16.7. The lowest BCUT2D eigenvalue weighted by molar-refractivity contribution is 0.356. The van der Waals surface area contributed by atoms with E-state index in [1.807, 2.05) is 0 Å². The fourth-order valence-corrected chi connectivity index (χ4v) is 3.51. The summed E-state index contributed by atoms with van der Waals surface area (Å²) in [6, 6.07) is 3.09. The summed E-state index contributed by atoms with van der Waals surface area (Å²) in [5.41, 5.74) is 2.53. The molecule has 0 spiro atoms. The van der Waals surface area contributed by atoms with Crippen LogP contribution < -0.4 is 10.2 Å². The van der Waals surface area contributed by atoms with Crippen molar-refractivity contribution in [3.05, 3.63) is 47.0 Å². The number of hydrogen-bond acceptors (Lipinski definition) is 4. The molecule has 0 amide bonds. The normalized spacial score (nSPS) is 22.7. The fourth-order valence-electron chi connectivity index (χ4n) is 3.35. The van der Waals surface area contributed by atoms with Crippen molar-refractivity contribution in [3.63, 3.8) is 0 Å². The number of benzene rings is 1. The highest BCUT2D eigenvalue weighted by Crippen LogP contribution is 2.42. The summed E-state index contributed by atoms with van der Waals surface area (Å²) < 4.78 is 13.9. The van der Waals surface area contributed by atoms with Crippen LogP contribution in [0.4, 0.5) is 15.8 Å². The number of allylic oxidation sites excluding steroid dienone is 2. The first kappa shape index (κ1) is 15.7. The van der Waals surface area contributed by atoms with Crippen LogP contribution in [0.2, 0.25) is 5.02 Å². The number of anilines is 1. The molecule has 3 heterocycles. The molecule has 0 bridgehead atoms. The molecule has 1 fully saturated rings. The predicted octanol–water partition coefficient (Wildman–Crippen LogP) is 3.67. The van der Waals surface area contributed by atoms with Crippen LogP contribution in [0.5, 0.6) is 0 Å². The molecule has 126 valence electrons. The molecule has 0 aromatic heterocycles. The standard InChI is InChI=1S/C18H20ClFN4/c1-2-12-3-6-24-16-10-13(19)14(20)11-15(16)22-18(17(24)9-12)23-7-4-21-5-8-23/h3,6,9-12,21H,2,4-5,7-8H2,1H3. The van der Waals surface area contributed by atoms with E-state index in [-0.39, 0.29) is 5.02 Å². The highest BCUT2D eigenvalue weighted by Gasteiger charge is 2.31. The summed E-state index contributed by atoms with van der Waals surface area (Å²) in [5, 5.41) is 3.49. The maximum atomic E-state index is 13.9. The van der Waals surface area contributed by atoms with Gasteiger partial charge in [0.2, 0.25) is 0 Å². The van der Waals surface area contributed by atoms with Crippen LogP contribution in [-0.4, -0.2) is 36.9 Å². The first-order chi connectivity index (χ1) is 11.7. The van der Waals surface area contributed by atoms with Gasteiger partial charge in [0.05, 0.1) is 22.1 Å². The molecule has 0 radical (unpaired) electrons. The van der Waals surface area contributed by atoms with E-state index in [1.54, 1.807) is 6.07 Å². The number of amidine groups is 1. The van der Waals surface area contributed by atoms with Crippen LogP contribution in [0, 0.1) is 11.7 Å². The molecule has 1 atom stereocenters. The minimum atomic E-state index is -0.432. The van der Waals surface area contributed by atoms with E-state index in [9.17, 15) is 4.39 Å². The number of rotatable bonds is 1. The summed E-state index contributed by atoms with van der Waals surface area (Å²) in [6.07, 6.45) is 7.53. The Morgan fingerprint density at radius 1 is 1.33 bits per heavy atom. The van der Waals surface area contributed by atoms with Gasteiger partial charge in [0, 0.05) is 38.4 Å². The summed E-state index contributed by atoms with van der Waals surface area (Å²) in [5.74, 6) is 0.883. The molecular formula is C18H20ClFN4. The Bertz CT molecular complexity index is 750. The van der Waals surface area contributed by atoms with Crippen molar-refractivity contribution < 1.29 is 4.39 Å². The van der Waals surface area contributed by atoms with Gasteiger partial charge in [-0.3, -0.25) is 0 Å². The molecular weight excluding hydrogens is 327 g/mol. The minimum Gasteiger partial charge on any atom is -0.352 e. The highest BCUT2D eigenvalue weighted by molar-refractivity contribution is 6.31. The molecule has 24 heavy (non-hydrogen) atoms. The molecule has 3 aliphatic rings. The Hall–Kier alpha value is -1.85. The Morgan fingerprint density at radius 2 is 2.12 bits per heavy atom. The van der Waals surface area contributed by atoms with Gasteiger partial charge in [-0.05, 0) is 24.5 Å². The third-order valence-corrected chi connectivity index (χ3v) is 5.02. The van der Waals surface area contributed by atoms with Crippen molar-refractivity contribution in [2.75, 3.05) is 31.1 Å². The number of halogens is 2. The van der Waals surface area contributed by atoms with E-state index < -0.39 is 5.82 Å². The fraction of sp³-hybridized carbons (Fsp3) is 0.389. The first-order valence-corrected chi connectivity index (χ1v) is 8.78. The lowest BCUT2D eigenvalue weighted by Crippen LogP contribution is -2.49. The number of hydrogen-bond donors (Lipinski definition) is 1. The van der Waals surface area contributed by atoms with E-state index in [4.69, 9.17) is 16.6 Å². The van der Waals surface area contributed by atoms with Crippen molar-refractivity contribution in [3.8, 4) is 0 Å². The maximum absolute atomic E-state index is 13.9. The zero-order valence-corrected chi connectivity index (χ0v) is 14.4. The quantitative estimate of drug-likeness (QED) is 0.841. The number of aliphatic imine (C=N–C) groups is 1. The van der Waals surface area contributed by atoms with Crippen LogP contribution in [0.3, 0.4) is 0 Å².